The van der Waals surface area contributed by atoms with Gasteiger partial charge in [0.15, 0.2) is 0 Å². The molecule has 2 atom stereocenters. The molecule has 1 amide bonds. The summed E-state index contributed by atoms with van der Waals surface area (Å²) in [5, 5.41) is 6.17. The molecule has 0 spiro atoms. The Bertz CT molecular complexity index is 368. The van der Waals surface area contributed by atoms with Crippen molar-refractivity contribution in [2.45, 2.75) is 26.8 Å². The Kier molecular flexibility index (Phi) is 8.44. The van der Waals surface area contributed by atoms with E-state index < -0.39 is 0 Å². The van der Waals surface area contributed by atoms with Gasteiger partial charge in [0.1, 0.15) is 0 Å². The van der Waals surface area contributed by atoms with E-state index >= 15 is 0 Å². The Hall–Kier alpha value is -1.06. The molecule has 1 aromatic carbocycles. The highest BCUT2D eigenvalue weighted by Gasteiger charge is 2.20. The van der Waals surface area contributed by atoms with Gasteiger partial charge in [-0.1, -0.05) is 51.1 Å². The van der Waals surface area contributed by atoms with Crippen molar-refractivity contribution in [3.63, 3.8) is 0 Å². The van der Waals surface area contributed by atoms with E-state index in [0.29, 0.717) is 12.5 Å². The predicted octanol–water partition coefficient (Wildman–Crippen LogP) is 2.78. The van der Waals surface area contributed by atoms with Crippen LogP contribution in [0.5, 0.6) is 0 Å². The van der Waals surface area contributed by atoms with Gasteiger partial charge in [-0.2, -0.15) is 0 Å². The maximum Gasteiger partial charge on any atom is 0.224 e. The van der Waals surface area contributed by atoms with Gasteiger partial charge in [0.05, 0.1) is 6.04 Å². The lowest BCUT2D eigenvalue weighted by Crippen LogP contribution is -2.38. The fourth-order valence-electron chi connectivity index (χ4n) is 1.99. The molecule has 2 N–H and O–H groups in total. The number of amides is 1. The molecule has 1 rings (SSSR count). The number of carbonyl (C=O) groups excluding carboxylic acids is 1. The lowest BCUT2D eigenvalue weighted by Gasteiger charge is -2.24. The van der Waals surface area contributed by atoms with Crippen LogP contribution in [0.3, 0.4) is 0 Å². The summed E-state index contributed by atoms with van der Waals surface area (Å²) in [6.45, 7) is 6.89. The molecule has 0 aliphatic heterocycles. The standard InChI is InChI=1S/C15H24N2O.ClH/c1-11(2)14(13-8-6-5-7-9-13)17-15(18)12(3)10-16-4;/h5-9,11-12,14,16H,10H2,1-4H3,(H,17,18);1H. The number of carbonyl (C=O) groups is 1. The minimum absolute atomic E-state index is 0. The molecule has 0 aromatic heterocycles. The maximum atomic E-state index is 12.1. The predicted molar refractivity (Wildman–Crippen MR) is 82.5 cm³/mol. The highest BCUT2D eigenvalue weighted by Crippen LogP contribution is 2.21. The first kappa shape index (κ1) is 17.9. The lowest BCUT2D eigenvalue weighted by atomic mass is 9.95. The van der Waals surface area contributed by atoms with E-state index in [4.69, 9.17) is 0 Å². The second kappa shape index (κ2) is 8.94. The topological polar surface area (TPSA) is 41.1 Å². The van der Waals surface area contributed by atoms with E-state index in [0.717, 1.165) is 5.56 Å². The molecule has 2 unspecified atom stereocenters. The summed E-state index contributed by atoms with van der Waals surface area (Å²) in [7, 11) is 1.86. The van der Waals surface area contributed by atoms with Crippen molar-refractivity contribution in [1.29, 1.82) is 0 Å². The summed E-state index contributed by atoms with van der Waals surface area (Å²) in [4.78, 5) is 12.1. The third kappa shape index (κ3) is 5.62. The summed E-state index contributed by atoms with van der Waals surface area (Å²) in [6, 6.07) is 10.2. The van der Waals surface area contributed by atoms with Gasteiger partial charge in [-0.3, -0.25) is 4.79 Å². The molecule has 3 nitrogen and oxygen atoms in total. The summed E-state index contributed by atoms with van der Waals surface area (Å²) in [5.41, 5.74) is 1.16. The normalized spacial score (nSPS) is 13.5. The van der Waals surface area contributed by atoms with Gasteiger partial charge in [-0.15, -0.1) is 12.4 Å². The Morgan fingerprint density at radius 1 is 1.16 bits per heavy atom. The molecule has 0 radical (unpaired) electrons. The van der Waals surface area contributed by atoms with Crippen molar-refractivity contribution >= 4 is 18.3 Å². The molecule has 0 heterocycles. The second-order valence-electron chi connectivity index (χ2n) is 5.10. The molecule has 4 heteroatoms. The Balaban J connectivity index is 0.00000324. The molecule has 0 saturated heterocycles. The Labute approximate surface area is 122 Å². The van der Waals surface area contributed by atoms with Gasteiger partial charge in [-0.05, 0) is 18.5 Å². The average molecular weight is 285 g/mol. The zero-order valence-electron chi connectivity index (χ0n) is 12.1. The smallest absolute Gasteiger partial charge is 0.224 e. The second-order valence-corrected chi connectivity index (χ2v) is 5.10. The Morgan fingerprint density at radius 2 is 1.74 bits per heavy atom. The van der Waals surface area contributed by atoms with Gasteiger partial charge >= 0.3 is 0 Å². The van der Waals surface area contributed by atoms with Crippen LogP contribution in [0, 0.1) is 11.8 Å². The minimum Gasteiger partial charge on any atom is -0.349 e. The van der Waals surface area contributed by atoms with Gasteiger partial charge in [-0.25, -0.2) is 0 Å². The van der Waals surface area contributed by atoms with Crippen LogP contribution < -0.4 is 10.6 Å². The molecule has 0 fully saturated rings. The fraction of sp³-hybridized carbons (Fsp3) is 0.533. The summed E-state index contributed by atoms with van der Waals surface area (Å²) in [5.74, 6) is 0.463. The molecular weight excluding hydrogens is 260 g/mol. The van der Waals surface area contributed by atoms with E-state index in [-0.39, 0.29) is 30.3 Å². The summed E-state index contributed by atoms with van der Waals surface area (Å²) >= 11 is 0. The van der Waals surface area contributed by atoms with E-state index in [1.807, 2.05) is 32.2 Å². The number of nitrogens with one attached hydrogen (secondary N) is 2. The van der Waals surface area contributed by atoms with Gasteiger partial charge in [0.2, 0.25) is 5.91 Å². The highest BCUT2D eigenvalue weighted by atomic mass is 35.5. The first-order chi connectivity index (χ1) is 8.56. The third-order valence-electron chi connectivity index (χ3n) is 3.08. The van der Waals surface area contributed by atoms with Crippen molar-refractivity contribution < 1.29 is 4.79 Å². The van der Waals surface area contributed by atoms with Gasteiger partial charge < -0.3 is 10.6 Å². The molecule has 0 saturated carbocycles. The van der Waals surface area contributed by atoms with Crippen LogP contribution >= 0.6 is 12.4 Å². The SMILES string of the molecule is CNCC(C)C(=O)NC(c1ccccc1)C(C)C.Cl. The number of benzene rings is 1. The zero-order chi connectivity index (χ0) is 13.5. The van der Waals surface area contributed by atoms with Gasteiger partial charge in [0.25, 0.3) is 0 Å². The van der Waals surface area contributed by atoms with Crippen molar-refractivity contribution in [1.82, 2.24) is 10.6 Å². The van der Waals surface area contributed by atoms with Crippen LogP contribution in [0.1, 0.15) is 32.4 Å². The monoisotopic (exact) mass is 284 g/mol. The molecule has 1 aromatic rings. The van der Waals surface area contributed by atoms with Crippen molar-refractivity contribution in [2.24, 2.45) is 11.8 Å². The van der Waals surface area contributed by atoms with Crippen LogP contribution in [0.2, 0.25) is 0 Å². The minimum atomic E-state index is -0.0139. The van der Waals surface area contributed by atoms with Crippen molar-refractivity contribution in [3.05, 3.63) is 35.9 Å². The quantitative estimate of drug-likeness (QED) is 0.843. The summed E-state index contributed by atoms with van der Waals surface area (Å²) in [6.07, 6.45) is 0. The largest absolute Gasteiger partial charge is 0.349 e. The van der Waals surface area contributed by atoms with Gasteiger partial charge in [0, 0.05) is 12.5 Å². The Morgan fingerprint density at radius 3 is 2.21 bits per heavy atom. The first-order valence-electron chi connectivity index (χ1n) is 6.56. The van der Waals surface area contributed by atoms with Crippen LogP contribution in [0.25, 0.3) is 0 Å². The van der Waals surface area contributed by atoms with Crippen molar-refractivity contribution in [3.8, 4) is 0 Å². The van der Waals surface area contributed by atoms with E-state index in [1.54, 1.807) is 0 Å². The van der Waals surface area contributed by atoms with Crippen LogP contribution in [0.15, 0.2) is 30.3 Å². The first-order valence-corrected chi connectivity index (χ1v) is 6.56. The lowest BCUT2D eigenvalue weighted by molar-refractivity contribution is -0.125. The molecule has 0 aliphatic rings. The molecule has 0 bridgehead atoms. The molecule has 19 heavy (non-hydrogen) atoms. The molecule has 0 aliphatic carbocycles. The van der Waals surface area contributed by atoms with Crippen LogP contribution in [-0.2, 0) is 4.79 Å². The van der Waals surface area contributed by atoms with E-state index in [1.165, 1.54) is 0 Å². The van der Waals surface area contributed by atoms with E-state index in [2.05, 4.69) is 36.6 Å². The third-order valence-corrected chi connectivity index (χ3v) is 3.08. The number of halogens is 1. The molecular formula is C15H25ClN2O. The zero-order valence-corrected chi connectivity index (χ0v) is 13.0. The average Bonchev–Trinajstić information content (AvgIpc) is 2.36. The van der Waals surface area contributed by atoms with Crippen LogP contribution in [-0.4, -0.2) is 19.5 Å². The van der Waals surface area contributed by atoms with Crippen molar-refractivity contribution in [2.75, 3.05) is 13.6 Å². The van der Waals surface area contributed by atoms with Crippen LogP contribution in [0.4, 0.5) is 0 Å². The number of hydrogen-bond acceptors (Lipinski definition) is 2. The maximum absolute atomic E-state index is 12.1. The fourth-order valence-corrected chi connectivity index (χ4v) is 1.99. The summed E-state index contributed by atoms with van der Waals surface area (Å²) < 4.78 is 0. The van der Waals surface area contributed by atoms with E-state index in [9.17, 15) is 4.79 Å². The number of hydrogen-bond donors (Lipinski definition) is 2. The highest BCUT2D eigenvalue weighted by molar-refractivity contribution is 5.85. The molecule has 108 valence electrons. The number of rotatable bonds is 6.